The van der Waals surface area contributed by atoms with Gasteiger partial charge in [-0.25, -0.2) is 0 Å². The van der Waals surface area contributed by atoms with Crippen molar-refractivity contribution in [2.24, 2.45) is 0 Å². The zero-order valence-corrected chi connectivity index (χ0v) is 13.5. The van der Waals surface area contributed by atoms with Crippen LogP contribution in [0.4, 0.5) is 0 Å². The molecule has 0 aliphatic rings. The van der Waals surface area contributed by atoms with Crippen molar-refractivity contribution >= 4 is 23.0 Å². The molecule has 15 heavy (non-hydrogen) atoms. The summed E-state index contributed by atoms with van der Waals surface area (Å²) in [5.41, 5.74) is 3.16. The first-order valence-electron chi connectivity index (χ1n) is 5.23. The van der Waals surface area contributed by atoms with Crippen molar-refractivity contribution in [3.63, 3.8) is 0 Å². The largest absolute Gasteiger partial charge is 1.00 e. The van der Waals surface area contributed by atoms with Gasteiger partial charge in [-0.1, -0.05) is 0 Å². The molecule has 2 unspecified atom stereocenters. The van der Waals surface area contributed by atoms with Gasteiger partial charge in [0.1, 0.15) is 0 Å². The standard InChI is InChI=1S/2C6H8P.Sc.H/c2*1-5-3-6(2)7-4-5;;/h2*4,7H,1-2H3;;/q;;+1;-1. The van der Waals surface area contributed by atoms with Crippen LogP contribution in [-0.2, 0) is 22.9 Å². The van der Waals surface area contributed by atoms with Gasteiger partial charge in [-0.15, -0.1) is 0 Å². The molecule has 2 rings (SSSR count). The Bertz CT molecular complexity index is 402. The van der Waals surface area contributed by atoms with Crippen LogP contribution in [-0.4, -0.2) is 0 Å². The molecule has 78 valence electrons. The fourth-order valence-corrected chi connectivity index (χ4v) is 7.80. The van der Waals surface area contributed by atoms with Crippen LogP contribution in [0.25, 0.3) is 0 Å². The Labute approximate surface area is 108 Å². The Balaban J connectivity index is 0.00000128. The molecular formula is C12H17P2Sc. The van der Waals surface area contributed by atoms with Gasteiger partial charge in [0.05, 0.1) is 0 Å². The van der Waals surface area contributed by atoms with Gasteiger partial charge < -0.3 is 1.43 Å². The first kappa shape index (κ1) is 11.9. The van der Waals surface area contributed by atoms with E-state index < -0.39 is 0 Å². The first-order chi connectivity index (χ1) is 7.09. The van der Waals surface area contributed by atoms with Crippen LogP contribution in [0.2, 0.25) is 0 Å². The zero-order chi connectivity index (χ0) is 11.0. The summed E-state index contributed by atoms with van der Waals surface area (Å²) in [6.07, 6.45) is 0. The van der Waals surface area contributed by atoms with E-state index in [1.54, 1.807) is 28.4 Å². The molecule has 2 atom stereocenters. The second-order valence-corrected chi connectivity index (χ2v) is 9.07. The van der Waals surface area contributed by atoms with Crippen LogP contribution in [0.1, 0.15) is 23.1 Å². The summed E-state index contributed by atoms with van der Waals surface area (Å²) in [4.78, 5) is 0. The number of hydrogen-bond acceptors (Lipinski definition) is 0. The topological polar surface area (TPSA) is 0 Å². The summed E-state index contributed by atoms with van der Waals surface area (Å²) in [6.45, 7) is 9.24. The molecule has 0 aliphatic heterocycles. The average molecular weight is 268 g/mol. The molecule has 0 radical (unpaired) electrons. The average Bonchev–Trinajstić information content (AvgIpc) is 2.67. The molecule has 0 bridgehead atoms. The Kier molecular flexibility index (Phi) is 3.76. The molecule has 0 N–H and O–H groups in total. The normalized spacial score (nSPS) is 11.5. The van der Waals surface area contributed by atoms with Crippen LogP contribution < -0.4 is 6.64 Å². The van der Waals surface area contributed by atoms with Crippen molar-refractivity contribution in [2.45, 2.75) is 27.7 Å². The van der Waals surface area contributed by atoms with Gasteiger partial charge in [0.15, 0.2) is 0 Å². The van der Waals surface area contributed by atoms with Crippen molar-refractivity contribution in [1.82, 2.24) is 0 Å². The fourth-order valence-electron chi connectivity index (χ4n) is 1.92. The third kappa shape index (κ3) is 2.41. The van der Waals surface area contributed by atoms with E-state index in [1.807, 2.05) is 0 Å². The number of hydrogen-bond donors (Lipinski definition) is 0. The van der Waals surface area contributed by atoms with Gasteiger partial charge in [-0.2, -0.15) is 0 Å². The minimum absolute atomic E-state index is 0. The summed E-state index contributed by atoms with van der Waals surface area (Å²) in [5.74, 6) is 4.85. The summed E-state index contributed by atoms with van der Waals surface area (Å²) in [5, 5.41) is 3.33. The summed E-state index contributed by atoms with van der Waals surface area (Å²) >= 11 is -0.359. The second kappa shape index (κ2) is 4.74. The van der Waals surface area contributed by atoms with Crippen LogP contribution in [0.3, 0.4) is 0 Å². The Morgan fingerprint density at radius 2 is 1.27 bits per heavy atom. The summed E-state index contributed by atoms with van der Waals surface area (Å²) in [6, 6.07) is 0. The fraction of sp³-hybridized carbons (Fsp3) is 0.333. The van der Waals surface area contributed by atoms with E-state index in [0.717, 1.165) is 16.4 Å². The first-order valence-corrected chi connectivity index (χ1v) is 9.19. The molecule has 0 saturated carbocycles. The monoisotopic (exact) mass is 268 g/mol. The molecule has 0 fully saturated rings. The minimum Gasteiger partial charge on any atom is -1.00 e. The van der Waals surface area contributed by atoms with Gasteiger partial charge in [-0.3, -0.25) is 0 Å². The van der Waals surface area contributed by atoms with E-state index in [0.29, 0.717) is 0 Å². The van der Waals surface area contributed by atoms with Gasteiger partial charge >= 0.3 is 107 Å². The third-order valence-electron chi connectivity index (χ3n) is 2.96. The van der Waals surface area contributed by atoms with E-state index in [1.165, 1.54) is 0 Å². The maximum Gasteiger partial charge on any atom is -1.00 e. The Hall–Kier alpha value is 0.430. The smallest absolute Gasteiger partial charge is 1.00 e. The van der Waals surface area contributed by atoms with Crippen molar-refractivity contribution in [3.8, 4) is 0 Å². The van der Waals surface area contributed by atoms with Crippen molar-refractivity contribution < 1.29 is 24.3 Å². The second-order valence-electron chi connectivity index (χ2n) is 4.17. The predicted octanol–water partition coefficient (Wildman–Crippen LogP) is 3.13. The van der Waals surface area contributed by atoms with Crippen molar-refractivity contribution in [3.05, 3.63) is 33.3 Å². The Morgan fingerprint density at radius 1 is 0.867 bits per heavy atom. The molecule has 0 nitrogen and oxygen atoms in total. The molecule has 2 aromatic heterocycles. The summed E-state index contributed by atoms with van der Waals surface area (Å²) in [7, 11) is 1.93. The number of rotatable bonds is 2. The van der Waals surface area contributed by atoms with E-state index in [9.17, 15) is 0 Å². The van der Waals surface area contributed by atoms with Gasteiger partial charge in [0, 0.05) is 0 Å². The van der Waals surface area contributed by atoms with E-state index in [-0.39, 0.29) is 24.3 Å². The maximum atomic E-state index is 2.42. The van der Waals surface area contributed by atoms with Gasteiger partial charge in [-0.05, 0) is 0 Å². The van der Waals surface area contributed by atoms with E-state index >= 15 is 0 Å². The zero-order valence-electron chi connectivity index (χ0n) is 10.7. The predicted molar refractivity (Wildman–Crippen MR) is 71.2 cm³/mol. The molecule has 2 heterocycles. The van der Waals surface area contributed by atoms with Gasteiger partial charge in [0.25, 0.3) is 0 Å². The molecule has 0 aromatic carbocycles. The Morgan fingerprint density at radius 3 is 1.53 bits per heavy atom. The van der Waals surface area contributed by atoms with Crippen molar-refractivity contribution in [2.75, 3.05) is 0 Å². The molecule has 0 saturated heterocycles. The van der Waals surface area contributed by atoms with Crippen LogP contribution >= 0.6 is 16.4 Å². The maximum absolute atomic E-state index is 2.42. The minimum atomic E-state index is -0.359. The SMILES string of the molecule is Cc1c[pH]c(C)[c]1[Sc+][c]1c(C)c[pH]c1C.[H-]. The molecule has 0 spiro atoms. The number of aryl methyl sites for hydroxylation is 4. The van der Waals surface area contributed by atoms with E-state index in [4.69, 9.17) is 0 Å². The molecule has 2 aromatic rings. The third-order valence-corrected chi connectivity index (χ3v) is 10.1. The molecule has 0 aliphatic carbocycles. The van der Waals surface area contributed by atoms with Gasteiger partial charge in [0.2, 0.25) is 0 Å². The van der Waals surface area contributed by atoms with Crippen LogP contribution in [0.5, 0.6) is 0 Å². The van der Waals surface area contributed by atoms with Crippen LogP contribution in [0.15, 0.2) is 11.6 Å². The quantitative estimate of drug-likeness (QED) is 0.785. The molecular weight excluding hydrogens is 251 g/mol. The molecule has 0 amide bonds. The van der Waals surface area contributed by atoms with Crippen LogP contribution in [0, 0.1) is 27.7 Å². The van der Waals surface area contributed by atoms with E-state index in [2.05, 4.69) is 39.3 Å². The van der Waals surface area contributed by atoms with Crippen molar-refractivity contribution in [1.29, 1.82) is 0 Å². The summed E-state index contributed by atoms with van der Waals surface area (Å²) < 4.78 is 3.51. The molecule has 3 heteroatoms.